The predicted octanol–water partition coefficient (Wildman–Crippen LogP) is 5.35. The van der Waals surface area contributed by atoms with Gasteiger partial charge in [0.1, 0.15) is 17.9 Å². The van der Waals surface area contributed by atoms with Crippen molar-refractivity contribution >= 4 is 23.5 Å². The molecule has 0 spiro atoms. The molecule has 4 rings (SSSR count). The third kappa shape index (κ3) is 5.04. The Labute approximate surface area is 212 Å². The summed E-state index contributed by atoms with van der Waals surface area (Å²) in [5.41, 5.74) is 2.14. The zero-order valence-corrected chi connectivity index (χ0v) is 20.6. The van der Waals surface area contributed by atoms with Crippen LogP contribution in [-0.4, -0.2) is 43.0 Å². The zero-order chi connectivity index (χ0) is 25.7. The fourth-order valence-corrected chi connectivity index (χ4v) is 3.76. The highest BCUT2D eigenvalue weighted by Crippen LogP contribution is 2.36. The molecule has 8 nitrogen and oxygen atoms in total. The molecule has 1 heterocycles. The molecule has 0 radical (unpaired) electrons. The quantitative estimate of drug-likeness (QED) is 0.297. The highest BCUT2D eigenvalue weighted by molar-refractivity contribution is 6.30. The first-order chi connectivity index (χ1) is 17.5. The summed E-state index contributed by atoms with van der Waals surface area (Å²) in [4.78, 5) is 25.7. The summed E-state index contributed by atoms with van der Waals surface area (Å²) in [6.45, 7) is 0.257. The standard InChI is InChI=1S/C27H23ClN2O6/c1-33-21-14-11-18(15-22(21)36-16-17-9-12-19(28)13-10-17)24-23(26(31)34-2)25(27(32)35-3)30(29-24)20-7-5-4-6-8-20/h4-15H,16H2,1-3H3. The van der Waals surface area contributed by atoms with Crippen molar-refractivity contribution in [2.75, 3.05) is 21.3 Å². The lowest BCUT2D eigenvalue weighted by Crippen LogP contribution is -2.15. The SMILES string of the molecule is COC(=O)c1c(-c2ccc(OC)c(OCc3ccc(Cl)cc3)c2)nn(-c2ccccc2)c1C(=O)OC. The first kappa shape index (κ1) is 24.8. The fourth-order valence-electron chi connectivity index (χ4n) is 3.64. The van der Waals surface area contributed by atoms with E-state index in [0.717, 1.165) is 5.56 Å². The third-order valence-electron chi connectivity index (χ3n) is 5.40. The molecule has 0 aliphatic heterocycles. The second-order valence-electron chi connectivity index (χ2n) is 7.58. The van der Waals surface area contributed by atoms with Gasteiger partial charge in [0.25, 0.3) is 0 Å². The van der Waals surface area contributed by atoms with E-state index in [-0.39, 0.29) is 23.6 Å². The summed E-state index contributed by atoms with van der Waals surface area (Å²) in [5, 5.41) is 5.25. The van der Waals surface area contributed by atoms with Gasteiger partial charge in [0.05, 0.1) is 27.0 Å². The smallest absolute Gasteiger partial charge is 0.357 e. The lowest BCUT2D eigenvalue weighted by Gasteiger charge is -2.12. The van der Waals surface area contributed by atoms with Gasteiger partial charge >= 0.3 is 11.9 Å². The minimum atomic E-state index is -0.731. The van der Waals surface area contributed by atoms with E-state index >= 15 is 0 Å². The van der Waals surface area contributed by atoms with Gasteiger partial charge in [0.15, 0.2) is 17.2 Å². The molecule has 0 unspecified atom stereocenters. The average molecular weight is 507 g/mol. The maximum absolute atomic E-state index is 12.9. The maximum atomic E-state index is 12.9. The van der Waals surface area contributed by atoms with Gasteiger partial charge in [-0.3, -0.25) is 0 Å². The van der Waals surface area contributed by atoms with Gasteiger partial charge in [-0.2, -0.15) is 5.10 Å². The summed E-state index contributed by atoms with van der Waals surface area (Å²) in [7, 11) is 4.01. The molecule has 36 heavy (non-hydrogen) atoms. The Balaban J connectivity index is 1.84. The highest BCUT2D eigenvalue weighted by atomic mass is 35.5. The molecule has 4 aromatic rings. The van der Waals surface area contributed by atoms with Gasteiger partial charge in [-0.25, -0.2) is 14.3 Å². The van der Waals surface area contributed by atoms with E-state index in [1.807, 2.05) is 18.2 Å². The number of methoxy groups -OCH3 is 3. The molecule has 0 saturated heterocycles. The Kier molecular flexibility index (Phi) is 7.56. The van der Waals surface area contributed by atoms with Gasteiger partial charge < -0.3 is 18.9 Å². The number of hydrogen-bond donors (Lipinski definition) is 0. The number of esters is 2. The molecule has 0 N–H and O–H groups in total. The van der Waals surface area contributed by atoms with E-state index in [4.69, 9.17) is 30.5 Å². The van der Waals surface area contributed by atoms with Crippen molar-refractivity contribution < 1.29 is 28.5 Å². The molecule has 9 heteroatoms. The molecule has 0 atom stereocenters. The van der Waals surface area contributed by atoms with E-state index < -0.39 is 11.9 Å². The van der Waals surface area contributed by atoms with Crippen LogP contribution in [0.25, 0.3) is 16.9 Å². The lowest BCUT2D eigenvalue weighted by atomic mass is 10.0. The summed E-state index contributed by atoms with van der Waals surface area (Å²) < 4.78 is 22.8. The molecule has 0 aliphatic rings. The van der Waals surface area contributed by atoms with Gasteiger partial charge in [0, 0.05) is 10.6 Å². The fraction of sp³-hybridized carbons (Fsp3) is 0.148. The van der Waals surface area contributed by atoms with Gasteiger partial charge in [-0.05, 0) is 48.0 Å². The molecule has 0 saturated carbocycles. The first-order valence-electron chi connectivity index (χ1n) is 10.9. The molecule has 3 aromatic carbocycles. The van der Waals surface area contributed by atoms with Crippen molar-refractivity contribution in [1.82, 2.24) is 9.78 Å². The van der Waals surface area contributed by atoms with Crippen LogP contribution in [0.1, 0.15) is 26.4 Å². The van der Waals surface area contributed by atoms with Crippen molar-refractivity contribution in [3.05, 3.63) is 94.6 Å². The number of aromatic nitrogens is 2. The van der Waals surface area contributed by atoms with Crippen LogP contribution in [0.3, 0.4) is 0 Å². The Morgan fingerprint density at radius 3 is 2.19 bits per heavy atom. The zero-order valence-electron chi connectivity index (χ0n) is 19.9. The van der Waals surface area contributed by atoms with E-state index in [1.165, 1.54) is 26.0 Å². The van der Waals surface area contributed by atoms with E-state index in [0.29, 0.717) is 27.8 Å². The first-order valence-corrected chi connectivity index (χ1v) is 11.2. The Morgan fingerprint density at radius 2 is 1.56 bits per heavy atom. The number of carbonyl (C=O) groups excluding carboxylic acids is 2. The number of rotatable bonds is 8. The molecular weight excluding hydrogens is 484 g/mol. The third-order valence-corrected chi connectivity index (χ3v) is 5.65. The van der Waals surface area contributed by atoms with Crippen LogP contribution in [0.4, 0.5) is 0 Å². The number of carbonyl (C=O) groups is 2. The Morgan fingerprint density at radius 1 is 0.861 bits per heavy atom. The molecule has 184 valence electrons. The van der Waals surface area contributed by atoms with Crippen LogP contribution in [0.2, 0.25) is 5.02 Å². The van der Waals surface area contributed by atoms with E-state index in [1.54, 1.807) is 54.6 Å². The van der Waals surface area contributed by atoms with Crippen molar-refractivity contribution in [3.8, 4) is 28.4 Å². The predicted molar refractivity (Wildman–Crippen MR) is 134 cm³/mol. The van der Waals surface area contributed by atoms with Crippen molar-refractivity contribution in [2.45, 2.75) is 6.61 Å². The summed E-state index contributed by atoms with van der Waals surface area (Å²) in [5.74, 6) is -0.546. The second kappa shape index (κ2) is 11.0. The highest BCUT2D eigenvalue weighted by Gasteiger charge is 2.31. The summed E-state index contributed by atoms with van der Waals surface area (Å²) in [6, 6.07) is 21.3. The van der Waals surface area contributed by atoms with Crippen molar-refractivity contribution in [3.63, 3.8) is 0 Å². The van der Waals surface area contributed by atoms with Crippen LogP contribution in [-0.2, 0) is 16.1 Å². The summed E-state index contributed by atoms with van der Waals surface area (Å²) >= 11 is 5.97. The number of halogens is 1. The number of nitrogens with zero attached hydrogens (tertiary/aromatic N) is 2. The largest absolute Gasteiger partial charge is 0.493 e. The second-order valence-corrected chi connectivity index (χ2v) is 8.02. The normalized spacial score (nSPS) is 10.6. The van der Waals surface area contributed by atoms with Gasteiger partial charge in [-0.1, -0.05) is 41.9 Å². The maximum Gasteiger partial charge on any atom is 0.357 e. The lowest BCUT2D eigenvalue weighted by molar-refractivity contribution is 0.0549. The van der Waals surface area contributed by atoms with Crippen LogP contribution >= 0.6 is 11.6 Å². The topological polar surface area (TPSA) is 88.9 Å². The van der Waals surface area contributed by atoms with Crippen LogP contribution < -0.4 is 9.47 Å². The monoisotopic (exact) mass is 506 g/mol. The number of hydrogen-bond acceptors (Lipinski definition) is 7. The molecule has 1 aromatic heterocycles. The molecule has 0 amide bonds. The molecule has 0 aliphatic carbocycles. The van der Waals surface area contributed by atoms with Crippen molar-refractivity contribution in [2.24, 2.45) is 0 Å². The van der Waals surface area contributed by atoms with Crippen LogP contribution in [0.15, 0.2) is 72.8 Å². The number of benzene rings is 3. The number of ether oxygens (including phenoxy) is 4. The molecule has 0 fully saturated rings. The molecular formula is C27H23ClN2O6. The van der Waals surface area contributed by atoms with Crippen molar-refractivity contribution in [1.29, 1.82) is 0 Å². The number of para-hydroxylation sites is 1. The minimum Gasteiger partial charge on any atom is -0.493 e. The van der Waals surface area contributed by atoms with Crippen LogP contribution in [0.5, 0.6) is 11.5 Å². The van der Waals surface area contributed by atoms with Crippen LogP contribution in [0, 0.1) is 0 Å². The summed E-state index contributed by atoms with van der Waals surface area (Å²) in [6.07, 6.45) is 0. The van der Waals surface area contributed by atoms with Gasteiger partial charge in [-0.15, -0.1) is 0 Å². The Bertz CT molecular complexity index is 1380. The van der Waals surface area contributed by atoms with E-state index in [9.17, 15) is 9.59 Å². The van der Waals surface area contributed by atoms with Gasteiger partial charge in [0.2, 0.25) is 0 Å². The minimum absolute atomic E-state index is 0.0259. The molecule has 0 bridgehead atoms. The van der Waals surface area contributed by atoms with E-state index in [2.05, 4.69) is 5.10 Å². The Hall–Kier alpha value is -4.30. The average Bonchev–Trinajstić information content (AvgIpc) is 3.33.